The van der Waals surface area contributed by atoms with E-state index in [9.17, 15) is 0 Å². The molecule has 0 saturated carbocycles. The lowest BCUT2D eigenvalue weighted by Crippen LogP contribution is -2.14. The molecule has 0 fully saturated rings. The van der Waals surface area contributed by atoms with E-state index in [0.717, 1.165) is 22.7 Å². The second-order valence-electron chi connectivity index (χ2n) is 18.5. The van der Waals surface area contributed by atoms with Gasteiger partial charge in [0.15, 0.2) is 0 Å². The Bertz CT molecular complexity index is 3870. The van der Waals surface area contributed by atoms with Crippen LogP contribution in [0.25, 0.3) is 93.5 Å². The van der Waals surface area contributed by atoms with Crippen molar-refractivity contribution in [3.63, 3.8) is 0 Å². The van der Waals surface area contributed by atoms with Crippen molar-refractivity contribution in [2.45, 2.75) is 19.3 Å². The van der Waals surface area contributed by atoms with E-state index in [1.165, 1.54) is 99.0 Å². The summed E-state index contributed by atoms with van der Waals surface area (Å²) in [4.78, 5) is 2.40. The molecular formula is C65H46N2. The van der Waals surface area contributed by atoms with Gasteiger partial charge in [0, 0.05) is 38.9 Å². The number of hydrogen-bond acceptors (Lipinski definition) is 1. The number of hydrogen-bond donors (Lipinski definition) is 0. The molecule has 0 radical (unpaired) electrons. The number of fused-ring (bicyclic) bond motifs is 9. The van der Waals surface area contributed by atoms with E-state index < -0.39 is 0 Å². The predicted molar refractivity (Wildman–Crippen MR) is 284 cm³/mol. The first kappa shape index (κ1) is 39.0. The van der Waals surface area contributed by atoms with E-state index in [0.29, 0.717) is 0 Å². The molecule has 67 heavy (non-hydrogen) atoms. The Morgan fingerprint density at radius 2 is 0.896 bits per heavy atom. The van der Waals surface area contributed by atoms with Crippen molar-refractivity contribution in [1.82, 2.24) is 4.57 Å². The van der Waals surface area contributed by atoms with Crippen LogP contribution >= 0.6 is 0 Å². The zero-order valence-electron chi connectivity index (χ0n) is 37.5. The molecule has 1 aliphatic rings. The summed E-state index contributed by atoms with van der Waals surface area (Å²) in [5.41, 5.74) is 19.4. The van der Waals surface area contributed by atoms with Crippen LogP contribution in [0.2, 0.25) is 0 Å². The van der Waals surface area contributed by atoms with E-state index in [-0.39, 0.29) is 5.41 Å². The van der Waals surface area contributed by atoms with E-state index in [1.54, 1.807) is 0 Å². The lowest BCUT2D eigenvalue weighted by molar-refractivity contribution is 0.660. The molecule has 0 saturated heterocycles. The smallest absolute Gasteiger partial charge is 0.0547 e. The molecule has 11 aromatic carbocycles. The van der Waals surface area contributed by atoms with Gasteiger partial charge in [-0.2, -0.15) is 0 Å². The molecule has 0 aliphatic heterocycles. The number of benzene rings is 11. The van der Waals surface area contributed by atoms with Gasteiger partial charge in [0.25, 0.3) is 0 Å². The third kappa shape index (κ3) is 6.32. The van der Waals surface area contributed by atoms with Crippen LogP contribution in [0, 0.1) is 0 Å². The van der Waals surface area contributed by atoms with Gasteiger partial charge in [0.05, 0.1) is 11.0 Å². The Morgan fingerprint density at radius 3 is 1.73 bits per heavy atom. The first-order chi connectivity index (χ1) is 33.0. The molecule has 1 aliphatic carbocycles. The molecule has 0 spiro atoms. The van der Waals surface area contributed by atoms with E-state index in [2.05, 4.69) is 266 Å². The van der Waals surface area contributed by atoms with E-state index in [1.807, 2.05) is 0 Å². The molecule has 1 heterocycles. The van der Waals surface area contributed by atoms with E-state index in [4.69, 9.17) is 0 Å². The maximum absolute atomic E-state index is 2.42. The zero-order valence-corrected chi connectivity index (χ0v) is 37.5. The fourth-order valence-corrected chi connectivity index (χ4v) is 11.0. The summed E-state index contributed by atoms with van der Waals surface area (Å²) in [6.45, 7) is 4.71. The Morgan fingerprint density at radius 1 is 0.313 bits per heavy atom. The van der Waals surface area contributed by atoms with Crippen LogP contribution in [0.15, 0.2) is 243 Å². The Kier molecular flexibility index (Phi) is 8.91. The first-order valence-corrected chi connectivity index (χ1v) is 23.3. The lowest BCUT2D eigenvalue weighted by Gasteiger charge is -2.27. The monoisotopic (exact) mass is 854 g/mol. The number of rotatable bonds is 7. The highest BCUT2D eigenvalue weighted by molar-refractivity contribution is 6.12. The SMILES string of the molecule is CC1(C)c2ccccc2-c2ccc(-c3cccc(N(c4ccc(-c5ccc6c7ccccc7n(-c7ccccc7)c6c5)cc4)c4ccc(-c5cccc6c5ccc5ccccc56)cc4)c3)cc21. The molecule has 2 nitrogen and oxygen atoms in total. The van der Waals surface area contributed by atoms with Gasteiger partial charge in [-0.15, -0.1) is 0 Å². The molecule has 2 heteroatoms. The van der Waals surface area contributed by atoms with Gasteiger partial charge in [-0.1, -0.05) is 190 Å². The summed E-state index contributed by atoms with van der Waals surface area (Å²) in [6.07, 6.45) is 0. The maximum atomic E-state index is 2.42. The number of nitrogens with zero attached hydrogens (tertiary/aromatic N) is 2. The van der Waals surface area contributed by atoms with Crippen LogP contribution in [-0.2, 0) is 5.41 Å². The minimum atomic E-state index is -0.0745. The largest absolute Gasteiger partial charge is 0.310 e. The van der Waals surface area contributed by atoms with Crippen LogP contribution in [0.3, 0.4) is 0 Å². The van der Waals surface area contributed by atoms with Crippen molar-refractivity contribution in [2.24, 2.45) is 0 Å². The summed E-state index contributed by atoms with van der Waals surface area (Å²) >= 11 is 0. The van der Waals surface area contributed by atoms with Gasteiger partial charge in [-0.25, -0.2) is 0 Å². The highest BCUT2D eigenvalue weighted by Crippen LogP contribution is 2.50. The number of para-hydroxylation sites is 2. The average Bonchev–Trinajstić information content (AvgIpc) is 3.84. The molecule has 1 aromatic heterocycles. The van der Waals surface area contributed by atoms with Gasteiger partial charge in [-0.05, 0) is 144 Å². The molecular weight excluding hydrogens is 809 g/mol. The van der Waals surface area contributed by atoms with Gasteiger partial charge in [0.2, 0.25) is 0 Å². The van der Waals surface area contributed by atoms with E-state index >= 15 is 0 Å². The predicted octanol–water partition coefficient (Wildman–Crippen LogP) is 17.9. The van der Waals surface area contributed by atoms with Crippen LogP contribution in [0.1, 0.15) is 25.0 Å². The molecule has 0 unspecified atom stereocenters. The first-order valence-electron chi connectivity index (χ1n) is 23.3. The fourth-order valence-electron chi connectivity index (χ4n) is 11.0. The van der Waals surface area contributed by atoms with Crippen LogP contribution in [0.5, 0.6) is 0 Å². The molecule has 12 aromatic rings. The third-order valence-electron chi connectivity index (χ3n) is 14.4. The van der Waals surface area contributed by atoms with Crippen molar-refractivity contribution in [3.8, 4) is 50.2 Å². The topological polar surface area (TPSA) is 8.17 Å². The number of aromatic nitrogens is 1. The second kappa shape index (κ2) is 15.3. The molecule has 0 N–H and O–H groups in total. The summed E-state index contributed by atoms with van der Waals surface area (Å²) in [6, 6.07) is 89.4. The quantitative estimate of drug-likeness (QED) is 0.145. The lowest BCUT2D eigenvalue weighted by atomic mass is 9.81. The molecule has 0 bridgehead atoms. The minimum absolute atomic E-state index is 0.0745. The fraction of sp³-hybridized carbons (Fsp3) is 0.0462. The van der Waals surface area contributed by atoms with Crippen molar-refractivity contribution in [2.75, 3.05) is 4.90 Å². The van der Waals surface area contributed by atoms with Gasteiger partial charge < -0.3 is 9.47 Å². The average molecular weight is 855 g/mol. The van der Waals surface area contributed by atoms with Crippen LogP contribution in [-0.4, -0.2) is 4.57 Å². The van der Waals surface area contributed by atoms with Crippen molar-refractivity contribution < 1.29 is 0 Å². The van der Waals surface area contributed by atoms with Crippen LogP contribution in [0.4, 0.5) is 17.1 Å². The molecule has 0 atom stereocenters. The van der Waals surface area contributed by atoms with Crippen molar-refractivity contribution in [1.29, 1.82) is 0 Å². The molecule has 316 valence electrons. The number of anilines is 3. The summed E-state index contributed by atoms with van der Waals surface area (Å²) in [5.74, 6) is 0. The molecule has 13 rings (SSSR count). The zero-order chi connectivity index (χ0) is 44.6. The summed E-state index contributed by atoms with van der Waals surface area (Å²) in [7, 11) is 0. The maximum Gasteiger partial charge on any atom is 0.0547 e. The van der Waals surface area contributed by atoms with Gasteiger partial charge in [-0.3, -0.25) is 0 Å². The highest BCUT2D eigenvalue weighted by Gasteiger charge is 2.35. The van der Waals surface area contributed by atoms with Crippen molar-refractivity contribution >= 4 is 60.4 Å². The minimum Gasteiger partial charge on any atom is -0.310 e. The molecule has 0 amide bonds. The summed E-state index contributed by atoms with van der Waals surface area (Å²) < 4.78 is 2.39. The summed E-state index contributed by atoms with van der Waals surface area (Å²) in [5, 5.41) is 7.59. The Balaban J connectivity index is 0.914. The third-order valence-corrected chi connectivity index (χ3v) is 14.4. The van der Waals surface area contributed by atoms with Gasteiger partial charge >= 0.3 is 0 Å². The second-order valence-corrected chi connectivity index (χ2v) is 18.5. The Hall–Kier alpha value is -8.46. The standard InChI is InChI=1S/C65H46N2/c1-65(2)61-24-10-8-20-57(61)58-38-31-47(41-62(58)65)46-15-12-18-52(40-46)66(51-35-28-45(29-36-51)54-22-13-23-55-53-19-7-6-14-44(53)30-37-56(54)55)50-33-26-43(27-34-50)48-32-39-60-59-21-9-11-25-63(59)67(64(60)42-48)49-16-4-3-5-17-49/h3-42H,1-2H3. The van der Waals surface area contributed by atoms with Crippen LogP contribution < -0.4 is 4.90 Å². The Labute approximate surface area is 391 Å². The van der Waals surface area contributed by atoms with Crippen molar-refractivity contribution in [3.05, 3.63) is 254 Å². The van der Waals surface area contributed by atoms with Gasteiger partial charge in [0.1, 0.15) is 0 Å². The normalized spacial score (nSPS) is 12.7. The highest BCUT2D eigenvalue weighted by atomic mass is 15.1.